The van der Waals surface area contributed by atoms with Crippen LogP contribution in [-0.4, -0.2) is 24.8 Å². The average molecular weight is 274 g/mol. The summed E-state index contributed by atoms with van der Waals surface area (Å²) in [5.74, 6) is 5.25. The number of hydrazone groups is 1. The molecule has 0 atom stereocenters. The number of benzene rings is 1. The summed E-state index contributed by atoms with van der Waals surface area (Å²) in [4.78, 5) is 0.917. The number of amidine groups is 1. The van der Waals surface area contributed by atoms with Crippen molar-refractivity contribution >= 4 is 36.9 Å². The molecule has 0 saturated carbocycles. The highest BCUT2D eigenvalue weighted by atomic mass is 35.5. The quantitative estimate of drug-likeness (QED) is 0.0894. The highest BCUT2D eigenvalue weighted by Crippen LogP contribution is 2.23. The first-order valence-electron chi connectivity index (χ1n) is 4.78. The Hall–Kier alpha value is -0.925. The molecule has 0 aliphatic heterocycles. The summed E-state index contributed by atoms with van der Waals surface area (Å²) < 4.78 is 2.97. The lowest BCUT2D eigenvalue weighted by Gasteiger charge is -2.06. The van der Waals surface area contributed by atoms with E-state index < -0.39 is 0 Å². The van der Waals surface area contributed by atoms with Crippen LogP contribution in [0.4, 0.5) is 0 Å². The van der Waals surface area contributed by atoms with Crippen LogP contribution >= 0.6 is 23.5 Å². The fourth-order valence-electron chi connectivity index (χ4n) is 1.08. The van der Waals surface area contributed by atoms with E-state index in [-0.39, 0.29) is 13.3 Å². The molecule has 1 aromatic rings. The first-order valence-corrected chi connectivity index (χ1v) is 5.97. The molecule has 0 fully saturated rings. The zero-order chi connectivity index (χ0) is 12.7. The Bertz CT molecular complexity index is 406. The molecule has 0 heterocycles. The first-order chi connectivity index (χ1) is 8.19. The summed E-state index contributed by atoms with van der Waals surface area (Å²) >= 11 is 7.43. The lowest BCUT2D eigenvalue weighted by atomic mass is 10.1. The second-order valence-electron chi connectivity index (χ2n) is 2.99. The van der Waals surface area contributed by atoms with Crippen LogP contribution in [0.1, 0.15) is 5.56 Å². The van der Waals surface area contributed by atoms with Crippen molar-refractivity contribution in [2.24, 2.45) is 16.7 Å². The number of hydrazine groups is 1. The summed E-state index contributed by atoms with van der Waals surface area (Å²) in [6.07, 6.45) is 0.505. The lowest BCUT2D eigenvalue weighted by Crippen LogP contribution is -2.23. The molecular weight excluding hydrogens is 260 g/mol. The molecule has 0 saturated heterocycles. The van der Waals surface area contributed by atoms with Gasteiger partial charge in [-0.15, -0.1) is 5.10 Å². The van der Waals surface area contributed by atoms with E-state index in [1.165, 1.54) is 11.9 Å². The van der Waals surface area contributed by atoms with Gasteiger partial charge in [0.05, 0.1) is 5.02 Å². The predicted molar refractivity (Wildman–Crippen MR) is 72.7 cm³/mol. The molecular formula is C8H13BClN5OS. The SMILES string of the molecule is NN/N=C(\N)c1ccc(SNCBO)cc1Cl. The smallest absolute Gasteiger partial charge is 0.285 e. The molecule has 7 N–H and O–H groups in total. The third-order valence-electron chi connectivity index (χ3n) is 1.81. The van der Waals surface area contributed by atoms with E-state index in [9.17, 15) is 0 Å². The van der Waals surface area contributed by atoms with Crippen molar-refractivity contribution in [2.75, 3.05) is 6.44 Å². The molecule has 0 aliphatic rings. The Balaban J connectivity index is 2.75. The number of hydrogen-bond acceptors (Lipinski definition) is 6. The van der Waals surface area contributed by atoms with E-state index >= 15 is 0 Å². The van der Waals surface area contributed by atoms with Gasteiger partial charge >= 0.3 is 0 Å². The van der Waals surface area contributed by atoms with Crippen molar-refractivity contribution in [1.82, 2.24) is 10.3 Å². The molecule has 6 nitrogen and oxygen atoms in total. The molecule has 0 spiro atoms. The van der Waals surface area contributed by atoms with Gasteiger partial charge in [0.25, 0.3) is 7.48 Å². The van der Waals surface area contributed by atoms with Crippen molar-refractivity contribution in [1.29, 1.82) is 0 Å². The first kappa shape index (κ1) is 14.1. The van der Waals surface area contributed by atoms with Crippen LogP contribution in [0.15, 0.2) is 28.2 Å². The van der Waals surface area contributed by atoms with Crippen LogP contribution in [0, 0.1) is 0 Å². The number of halogens is 1. The monoisotopic (exact) mass is 273 g/mol. The zero-order valence-electron chi connectivity index (χ0n) is 8.98. The largest absolute Gasteiger partial charge is 0.452 e. The summed E-state index contributed by atoms with van der Waals surface area (Å²) in [6, 6.07) is 5.35. The van der Waals surface area contributed by atoms with Crippen LogP contribution in [-0.2, 0) is 0 Å². The summed E-state index contributed by atoms with van der Waals surface area (Å²) in [7, 11) is 0.0839. The Morgan fingerprint density at radius 1 is 1.59 bits per heavy atom. The van der Waals surface area contributed by atoms with Crippen LogP contribution in [0.3, 0.4) is 0 Å². The number of nitrogens with two attached hydrogens (primary N) is 2. The molecule has 0 aromatic heterocycles. The van der Waals surface area contributed by atoms with E-state index in [1.54, 1.807) is 12.1 Å². The fraction of sp³-hybridized carbons (Fsp3) is 0.125. The minimum absolute atomic E-state index is 0.0839. The van der Waals surface area contributed by atoms with E-state index in [0.717, 1.165) is 4.90 Å². The van der Waals surface area contributed by atoms with E-state index in [1.807, 2.05) is 6.07 Å². The summed E-state index contributed by atoms with van der Waals surface area (Å²) in [5.41, 5.74) is 8.36. The maximum Gasteiger partial charge on any atom is 0.285 e. The minimum Gasteiger partial charge on any atom is -0.452 e. The topological polar surface area (TPSA) is 109 Å². The van der Waals surface area contributed by atoms with Gasteiger partial charge in [-0.25, -0.2) is 11.4 Å². The maximum atomic E-state index is 8.62. The number of nitrogens with one attached hydrogen (secondary N) is 2. The van der Waals surface area contributed by atoms with Crippen LogP contribution < -0.4 is 21.8 Å². The Labute approximate surface area is 109 Å². The van der Waals surface area contributed by atoms with E-state index in [4.69, 9.17) is 28.2 Å². The van der Waals surface area contributed by atoms with Crippen molar-refractivity contribution < 1.29 is 5.02 Å². The Morgan fingerprint density at radius 3 is 2.94 bits per heavy atom. The van der Waals surface area contributed by atoms with Gasteiger partial charge in [0.2, 0.25) is 0 Å². The van der Waals surface area contributed by atoms with E-state index in [0.29, 0.717) is 17.0 Å². The minimum atomic E-state index is 0.0839. The lowest BCUT2D eigenvalue weighted by molar-refractivity contribution is 0.600. The number of rotatable bonds is 6. The third-order valence-corrected chi connectivity index (χ3v) is 2.96. The van der Waals surface area contributed by atoms with Gasteiger partial charge in [-0.1, -0.05) is 11.6 Å². The van der Waals surface area contributed by atoms with Crippen LogP contribution in [0.25, 0.3) is 0 Å². The van der Waals surface area contributed by atoms with Crippen molar-refractivity contribution in [3.63, 3.8) is 0 Å². The molecule has 0 unspecified atom stereocenters. The van der Waals surface area contributed by atoms with Gasteiger partial charge in [0, 0.05) is 16.9 Å². The Kier molecular flexibility index (Phi) is 6.16. The third kappa shape index (κ3) is 4.45. The fourth-order valence-corrected chi connectivity index (χ4v) is 2.09. The predicted octanol–water partition coefficient (Wildman–Crippen LogP) is -0.678. The summed E-state index contributed by atoms with van der Waals surface area (Å²) in [6.45, 7) is 0. The van der Waals surface area contributed by atoms with E-state index in [2.05, 4.69) is 15.4 Å². The Morgan fingerprint density at radius 2 is 2.35 bits per heavy atom. The van der Waals surface area contributed by atoms with Crippen molar-refractivity contribution in [3.8, 4) is 0 Å². The molecule has 0 aliphatic carbocycles. The van der Waals surface area contributed by atoms with Gasteiger partial charge in [-0.05, 0) is 30.1 Å². The highest BCUT2D eigenvalue weighted by molar-refractivity contribution is 7.97. The molecule has 0 amide bonds. The molecule has 0 radical (unpaired) electrons. The average Bonchev–Trinajstić information content (AvgIpc) is 2.29. The zero-order valence-corrected chi connectivity index (χ0v) is 10.6. The van der Waals surface area contributed by atoms with Crippen molar-refractivity contribution in [3.05, 3.63) is 28.8 Å². The second-order valence-corrected chi connectivity index (χ2v) is 4.36. The second kappa shape index (κ2) is 7.41. The normalized spacial score (nSPS) is 11.4. The standard InChI is InChI=1S/C8H13BClN5OS/c10-7-3-5(17-13-4-9-16)1-2-6(7)8(11)14-15-12/h1-3,9,13,15-16H,4,12H2,(H2,11,14). The van der Waals surface area contributed by atoms with Crippen LogP contribution in [0.2, 0.25) is 5.02 Å². The summed E-state index contributed by atoms with van der Waals surface area (Å²) in [5, 5.41) is 12.7. The van der Waals surface area contributed by atoms with Crippen LogP contribution in [0.5, 0.6) is 0 Å². The van der Waals surface area contributed by atoms with Gasteiger partial charge in [-0.3, -0.25) is 4.72 Å². The maximum absolute atomic E-state index is 8.62. The molecule has 1 aromatic carbocycles. The highest BCUT2D eigenvalue weighted by Gasteiger charge is 2.06. The molecule has 92 valence electrons. The number of hydrogen-bond donors (Lipinski definition) is 5. The molecule has 0 bridgehead atoms. The molecule has 1 rings (SSSR count). The van der Waals surface area contributed by atoms with Gasteiger partial charge in [-0.2, -0.15) is 0 Å². The number of nitrogens with zero attached hydrogens (tertiary/aromatic N) is 1. The molecule has 9 heteroatoms. The van der Waals surface area contributed by atoms with Gasteiger partial charge in [0.1, 0.15) is 0 Å². The van der Waals surface area contributed by atoms with Gasteiger partial charge < -0.3 is 10.8 Å². The molecule has 17 heavy (non-hydrogen) atoms. The van der Waals surface area contributed by atoms with Gasteiger partial charge in [0.15, 0.2) is 5.84 Å². The van der Waals surface area contributed by atoms with Crippen molar-refractivity contribution in [2.45, 2.75) is 4.90 Å².